The number of hydrogen-bond donors (Lipinski definition) is 1. The minimum absolute atomic E-state index is 0.0949. The van der Waals surface area contributed by atoms with Gasteiger partial charge in [0, 0.05) is 21.6 Å². The molecule has 0 aliphatic rings. The highest BCUT2D eigenvalue weighted by molar-refractivity contribution is 7.92. The fourth-order valence-electron chi connectivity index (χ4n) is 1.80. The van der Waals surface area contributed by atoms with E-state index in [0.29, 0.717) is 15.0 Å². The lowest BCUT2D eigenvalue weighted by molar-refractivity contribution is 0.597. The van der Waals surface area contributed by atoms with Gasteiger partial charge in [-0.25, -0.2) is 4.98 Å². The number of anilines is 1. The molecule has 110 valence electrons. The summed E-state index contributed by atoms with van der Waals surface area (Å²) in [6, 6.07) is 4.40. The first-order valence-corrected chi connectivity index (χ1v) is 8.96. The minimum Gasteiger partial charge on any atom is -0.278 e. The van der Waals surface area contributed by atoms with E-state index >= 15 is 0 Å². The van der Waals surface area contributed by atoms with Crippen molar-refractivity contribution in [3.63, 3.8) is 0 Å². The molecule has 2 aromatic heterocycles. The van der Waals surface area contributed by atoms with Crippen molar-refractivity contribution in [2.45, 2.75) is 5.03 Å². The molecule has 5 nitrogen and oxygen atoms in total. The SMILES string of the molecule is O=S(=O)(Nc1cc(Cl)cc(Cl)c1)c1c(Cl)nc2sccn12. The van der Waals surface area contributed by atoms with Gasteiger partial charge in [0.15, 0.2) is 15.1 Å². The van der Waals surface area contributed by atoms with Gasteiger partial charge in [-0.05, 0) is 18.2 Å². The largest absolute Gasteiger partial charge is 0.281 e. The number of sulfonamides is 1. The van der Waals surface area contributed by atoms with Crippen LogP contribution in [0.25, 0.3) is 4.96 Å². The van der Waals surface area contributed by atoms with Gasteiger partial charge >= 0.3 is 0 Å². The molecule has 0 spiro atoms. The molecule has 0 aliphatic heterocycles. The predicted octanol–water partition coefficient (Wildman–Crippen LogP) is 4.16. The molecule has 0 saturated carbocycles. The molecule has 0 fully saturated rings. The second kappa shape index (κ2) is 5.33. The van der Waals surface area contributed by atoms with Crippen molar-refractivity contribution in [1.29, 1.82) is 0 Å². The molecular weight excluding hydrogens is 377 g/mol. The maximum absolute atomic E-state index is 12.5. The highest BCUT2D eigenvalue weighted by Gasteiger charge is 2.25. The average Bonchev–Trinajstić information content (AvgIpc) is 2.85. The standard InChI is InChI=1S/C11H6Cl3N3O2S2/c12-6-3-7(13)5-8(4-6)16-21(18,19)10-9(14)15-11-17(10)1-2-20-11/h1-5,16H. The number of rotatable bonds is 3. The predicted molar refractivity (Wildman–Crippen MR) is 85.3 cm³/mol. The first-order valence-electron chi connectivity index (χ1n) is 5.47. The highest BCUT2D eigenvalue weighted by atomic mass is 35.5. The van der Waals surface area contributed by atoms with Crippen LogP contribution in [0.1, 0.15) is 0 Å². The van der Waals surface area contributed by atoms with Crippen molar-refractivity contribution < 1.29 is 8.42 Å². The van der Waals surface area contributed by atoms with Crippen LogP contribution in [0.4, 0.5) is 5.69 Å². The van der Waals surface area contributed by atoms with E-state index in [0.717, 1.165) is 0 Å². The Morgan fingerprint density at radius 2 is 1.81 bits per heavy atom. The van der Waals surface area contributed by atoms with Crippen LogP contribution in [0.3, 0.4) is 0 Å². The van der Waals surface area contributed by atoms with Crippen LogP contribution >= 0.6 is 46.1 Å². The monoisotopic (exact) mass is 381 g/mol. The maximum Gasteiger partial charge on any atom is 0.281 e. The van der Waals surface area contributed by atoms with Gasteiger partial charge in [-0.15, -0.1) is 11.3 Å². The Morgan fingerprint density at radius 3 is 2.48 bits per heavy atom. The molecule has 0 amide bonds. The molecule has 0 radical (unpaired) electrons. The smallest absolute Gasteiger partial charge is 0.278 e. The Bertz CT molecular complexity index is 913. The fraction of sp³-hybridized carbons (Fsp3) is 0. The van der Waals surface area contributed by atoms with Crippen LogP contribution in [0.2, 0.25) is 15.2 Å². The second-order valence-corrected chi connectivity index (χ2v) is 7.73. The van der Waals surface area contributed by atoms with Crippen LogP contribution in [-0.2, 0) is 10.0 Å². The summed E-state index contributed by atoms with van der Waals surface area (Å²) in [5.74, 6) is 0. The molecule has 10 heteroatoms. The number of fused-ring (bicyclic) bond motifs is 1. The summed E-state index contributed by atoms with van der Waals surface area (Å²) in [6.07, 6.45) is 1.58. The molecule has 21 heavy (non-hydrogen) atoms. The van der Waals surface area contributed by atoms with Crippen molar-refractivity contribution in [1.82, 2.24) is 9.38 Å². The number of thiazole rings is 1. The van der Waals surface area contributed by atoms with Gasteiger partial charge < -0.3 is 0 Å². The first kappa shape index (κ1) is 14.9. The van der Waals surface area contributed by atoms with E-state index in [9.17, 15) is 8.42 Å². The number of nitrogens with zero attached hydrogens (tertiary/aromatic N) is 2. The van der Waals surface area contributed by atoms with Crippen molar-refractivity contribution in [2.75, 3.05) is 4.72 Å². The van der Waals surface area contributed by atoms with E-state index in [4.69, 9.17) is 34.8 Å². The molecule has 0 unspecified atom stereocenters. The summed E-state index contributed by atoms with van der Waals surface area (Å²) in [4.78, 5) is 4.48. The van der Waals surface area contributed by atoms with Crippen molar-refractivity contribution in [3.8, 4) is 0 Å². The highest BCUT2D eigenvalue weighted by Crippen LogP contribution is 2.29. The number of halogens is 3. The normalized spacial score (nSPS) is 12.0. The number of nitrogens with one attached hydrogen (secondary N) is 1. The Labute approximate surface area is 139 Å². The van der Waals surface area contributed by atoms with E-state index in [1.807, 2.05) is 0 Å². The third-order valence-corrected chi connectivity index (χ3v) is 5.52. The molecule has 0 bridgehead atoms. The van der Waals surface area contributed by atoms with E-state index in [-0.39, 0.29) is 15.9 Å². The zero-order chi connectivity index (χ0) is 15.2. The molecule has 0 aliphatic carbocycles. The van der Waals surface area contributed by atoms with Crippen LogP contribution in [0, 0.1) is 0 Å². The molecule has 3 aromatic rings. The Balaban J connectivity index is 2.08. The third-order valence-electron chi connectivity index (χ3n) is 2.55. The number of hydrogen-bond acceptors (Lipinski definition) is 4. The Kier molecular flexibility index (Phi) is 3.79. The Hall–Kier alpha value is -0.990. The molecule has 0 saturated heterocycles. The summed E-state index contributed by atoms with van der Waals surface area (Å²) in [5.41, 5.74) is 0.244. The van der Waals surface area contributed by atoms with E-state index in [2.05, 4.69) is 9.71 Å². The minimum atomic E-state index is -3.92. The zero-order valence-electron chi connectivity index (χ0n) is 10.0. The molecular formula is C11H6Cl3N3O2S2. The van der Waals surface area contributed by atoms with Crippen molar-refractivity contribution in [3.05, 3.63) is 45.0 Å². The summed E-state index contributed by atoms with van der Waals surface area (Å²) < 4.78 is 28.8. The van der Waals surface area contributed by atoms with Gasteiger partial charge in [-0.2, -0.15) is 8.42 Å². The van der Waals surface area contributed by atoms with Gasteiger partial charge in [0.1, 0.15) is 0 Å². The van der Waals surface area contributed by atoms with Crippen LogP contribution < -0.4 is 4.72 Å². The first-order chi connectivity index (χ1) is 9.87. The van der Waals surface area contributed by atoms with Crippen LogP contribution in [0.15, 0.2) is 34.8 Å². The third kappa shape index (κ3) is 2.84. The topological polar surface area (TPSA) is 63.5 Å². The van der Waals surface area contributed by atoms with Gasteiger partial charge in [-0.3, -0.25) is 9.12 Å². The molecule has 1 N–H and O–H groups in total. The molecule has 2 heterocycles. The number of benzene rings is 1. The lowest BCUT2D eigenvalue weighted by Crippen LogP contribution is -2.15. The van der Waals surface area contributed by atoms with E-state index in [1.165, 1.54) is 33.9 Å². The fourth-order valence-corrected chi connectivity index (χ4v) is 4.82. The lowest BCUT2D eigenvalue weighted by atomic mass is 10.3. The van der Waals surface area contributed by atoms with Gasteiger partial charge in [0.25, 0.3) is 10.0 Å². The Morgan fingerprint density at radius 1 is 1.14 bits per heavy atom. The quantitative estimate of drug-likeness (QED) is 0.740. The summed E-state index contributed by atoms with van der Waals surface area (Å²) in [7, 11) is -3.92. The van der Waals surface area contributed by atoms with Gasteiger partial charge in [0.2, 0.25) is 0 Å². The van der Waals surface area contributed by atoms with E-state index < -0.39 is 10.0 Å². The van der Waals surface area contributed by atoms with Crippen molar-refractivity contribution >= 4 is 66.8 Å². The van der Waals surface area contributed by atoms with Crippen LogP contribution in [-0.4, -0.2) is 17.8 Å². The second-order valence-electron chi connectivity index (χ2n) is 4.03. The average molecular weight is 383 g/mol. The van der Waals surface area contributed by atoms with Gasteiger partial charge in [-0.1, -0.05) is 34.8 Å². The maximum atomic E-state index is 12.5. The summed E-state index contributed by atoms with van der Waals surface area (Å²) in [5, 5.41) is 2.13. The van der Waals surface area contributed by atoms with Gasteiger partial charge in [0.05, 0.1) is 5.69 Å². The van der Waals surface area contributed by atoms with E-state index in [1.54, 1.807) is 11.6 Å². The molecule has 3 rings (SSSR count). The summed E-state index contributed by atoms with van der Waals surface area (Å²) >= 11 is 18.9. The number of aromatic nitrogens is 2. The summed E-state index contributed by atoms with van der Waals surface area (Å²) in [6.45, 7) is 0. The lowest BCUT2D eigenvalue weighted by Gasteiger charge is -2.08. The molecule has 1 aromatic carbocycles. The van der Waals surface area contributed by atoms with Crippen molar-refractivity contribution in [2.24, 2.45) is 0 Å². The zero-order valence-corrected chi connectivity index (χ0v) is 13.9. The number of imidazole rings is 1. The molecule has 0 atom stereocenters. The van der Waals surface area contributed by atoms with Crippen LogP contribution in [0.5, 0.6) is 0 Å².